The third-order valence-corrected chi connectivity index (χ3v) is 4.03. The first-order valence-electron chi connectivity index (χ1n) is 7.70. The fourth-order valence-corrected chi connectivity index (χ4v) is 2.42. The Labute approximate surface area is 146 Å². The van der Waals surface area contributed by atoms with Crippen LogP contribution in [0.15, 0.2) is 36.4 Å². The third-order valence-electron chi connectivity index (χ3n) is 4.03. The van der Waals surface area contributed by atoms with E-state index in [1.807, 2.05) is 19.9 Å². The highest BCUT2D eigenvalue weighted by molar-refractivity contribution is 5.97. The normalized spacial score (nSPS) is 11.5. The zero-order valence-corrected chi connectivity index (χ0v) is 14.6. The van der Waals surface area contributed by atoms with Crippen LogP contribution in [0.25, 0.3) is 0 Å². The fourth-order valence-electron chi connectivity index (χ4n) is 2.42. The quantitative estimate of drug-likeness (QED) is 0.842. The van der Waals surface area contributed by atoms with Crippen molar-refractivity contribution in [2.45, 2.75) is 19.9 Å². The van der Waals surface area contributed by atoms with Crippen LogP contribution in [0.5, 0.6) is 11.5 Å². The van der Waals surface area contributed by atoms with Crippen LogP contribution in [0, 0.1) is 13.8 Å². The number of carboxylic acid groups (broad SMARTS) is 1. The Morgan fingerprint density at radius 2 is 1.64 bits per heavy atom. The van der Waals surface area contributed by atoms with Gasteiger partial charge in [-0.05, 0) is 48.7 Å². The molecule has 0 bridgehead atoms. The Kier molecular flexibility index (Phi) is 5.64. The van der Waals surface area contributed by atoms with Gasteiger partial charge < -0.3 is 19.9 Å². The first-order chi connectivity index (χ1) is 11.9. The summed E-state index contributed by atoms with van der Waals surface area (Å²) < 4.78 is 10.3. The average Bonchev–Trinajstić information content (AvgIpc) is 2.61. The Balaban J connectivity index is 2.29. The van der Waals surface area contributed by atoms with Gasteiger partial charge in [0.2, 0.25) is 0 Å². The van der Waals surface area contributed by atoms with Crippen molar-refractivity contribution in [3.8, 4) is 11.5 Å². The van der Waals surface area contributed by atoms with Crippen LogP contribution in [0.4, 0.5) is 0 Å². The standard InChI is InChI=1S/C19H21NO5/c1-11-5-6-13(9-12(11)2)17(19(22)23)20-18(21)14-7-8-15(24-3)16(10-14)25-4/h5-10,17H,1-4H3,(H,20,21)(H,22,23). The number of hydrogen-bond acceptors (Lipinski definition) is 4. The predicted octanol–water partition coefficient (Wildman–Crippen LogP) is 2.88. The molecule has 132 valence electrons. The maximum Gasteiger partial charge on any atom is 0.330 e. The van der Waals surface area contributed by atoms with Gasteiger partial charge in [-0.1, -0.05) is 18.2 Å². The highest BCUT2D eigenvalue weighted by atomic mass is 16.5. The molecular formula is C19H21NO5. The molecule has 1 unspecified atom stereocenters. The first kappa shape index (κ1) is 18.3. The van der Waals surface area contributed by atoms with Crippen molar-refractivity contribution in [2.24, 2.45) is 0 Å². The third kappa shape index (κ3) is 4.09. The summed E-state index contributed by atoms with van der Waals surface area (Å²) in [6, 6.07) is 8.82. The van der Waals surface area contributed by atoms with Gasteiger partial charge >= 0.3 is 5.97 Å². The van der Waals surface area contributed by atoms with Crippen molar-refractivity contribution < 1.29 is 24.2 Å². The zero-order valence-electron chi connectivity index (χ0n) is 14.6. The van der Waals surface area contributed by atoms with E-state index in [0.717, 1.165) is 11.1 Å². The molecule has 1 atom stereocenters. The average molecular weight is 343 g/mol. The second-order valence-electron chi connectivity index (χ2n) is 5.66. The van der Waals surface area contributed by atoms with E-state index in [0.29, 0.717) is 17.1 Å². The van der Waals surface area contributed by atoms with Crippen LogP contribution in [-0.2, 0) is 4.79 Å². The predicted molar refractivity (Wildman–Crippen MR) is 93.3 cm³/mol. The number of benzene rings is 2. The Hall–Kier alpha value is -3.02. The molecule has 0 aliphatic heterocycles. The van der Waals surface area contributed by atoms with E-state index in [2.05, 4.69) is 5.32 Å². The van der Waals surface area contributed by atoms with E-state index in [1.54, 1.807) is 24.3 Å². The molecule has 2 rings (SSSR count). The zero-order chi connectivity index (χ0) is 18.6. The van der Waals surface area contributed by atoms with E-state index < -0.39 is 17.9 Å². The second-order valence-corrected chi connectivity index (χ2v) is 5.66. The maximum atomic E-state index is 12.5. The van der Waals surface area contributed by atoms with Gasteiger partial charge in [0.05, 0.1) is 14.2 Å². The molecule has 0 aliphatic carbocycles. The molecule has 0 saturated carbocycles. The molecule has 2 aromatic rings. The molecule has 0 aromatic heterocycles. The van der Waals surface area contributed by atoms with Gasteiger partial charge in [-0.2, -0.15) is 0 Å². The van der Waals surface area contributed by atoms with E-state index in [-0.39, 0.29) is 5.56 Å². The summed E-state index contributed by atoms with van der Waals surface area (Å²) in [7, 11) is 2.96. The lowest BCUT2D eigenvalue weighted by Crippen LogP contribution is -2.33. The minimum absolute atomic E-state index is 0.285. The van der Waals surface area contributed by atoms with Crippen LogP contribution in [-0.4, -0.2) is 31.2 Å². The minimum atomic E-state index is -1.14. The number of rotatable bonds is 6. The largest absolute Gasteiger partial charge is 0.493 e. The SMILES string of the molecule is COc1ccc(C(=O)NC(C(=O)O)c2ccc(C)c(C)c2)cc1OC. The summed E-state index contributed by atoms with van der Waals surface area (Å²) >= 11 is 0. The van der Waals surface area contributed by atoms with E-state index in [4.69, 9.17) is 9.47 Å². The molecule has 0 aliphatic rings. The summed E-state index contributed by atoms with van der Waals surface area (Å²) in [6.07, 6.45) is 0. The van der Waals surface area contributed by atoms with Gasteiger partial charge in [-0.15, -0.1) is 0 Å². The highest BCUT2D eigenvalue weighted by Gasteiger charge is 2.23. The van der Waals surface area contributed by atoms with Crippen molar-refractivity contribution >= 4 is 11.9 Å². The molecule has 6 nitrogen and oxygen atoms in total. The highest BCUT2D eigenvalue weighted by Crippen LogP contribution is 2.28. The van der Waals surface area contributed by atoms with E-state index in [1.165, 1.54) is 20.3 Å². The number of carboxylic acids is 1. The Morgan fingerprint density at radius 1 is 0.960 bits per heavy atom. The molecule has 0 saturated heterocycles. The molecule has 0 spiro atoms. The lowest BCUT2D eigenvalue weighted by atomic mass is 10.0. The number of nitrogens with one attached hydrogen (secondary N) is 1. The van der Waals surface area contributed by atoms with E-state index >= 15 is 0 Å². The van der Waals surface area contributed by atoms with Gasteiger partial charge in [-0.3, -0.25) is 4.79 Å². The molecule has 25 heavy (non-hydrogen) atoms. The number of amides is 1. The number of aryl methyl sites for hydroxylation is 2. The number of methoxy groups -OCH3 is 2. The van der Waals surface area contributed by atoms with Crippen molar-refractivity contribution in [2.75, 3.05) is 14.2 Å². The molecule has 0 radical (unpaired) electrons. The van der Waals surface area contributed by atoms with Crippen molar-refractivity contribution in [3.63, 3.8) is 0 Å². The summed E-state index contributed by atoms with van der Waals surface area (Å²) in [6.45, 7) is 3.84. The van der Waals surface area contributed by atoms with Crippen LogP contribution in [0.1, 0.15) is 33.1 Å². The molecule has 2 N–H and O–H groups in total. The summed E-state index contributed by atoms with van der Waals surface area (Å²) in [5.74, 6) is -0.750. The summed E-state index contributed by atoms with van der Waals surface area (Å²) in [4.78, 5) is 24.1. The Morgan fingerprint density at radius 3 is 2.20 bits per heavy atom. The van der Waals surface area contributed by atoms with Gasteiger partial charge in [0, 0.05) is 5.56 Å². The Bertz CT molecular complexity index is 800. The van der Waals surface area contributed by atoms with Crippen molar-refractivity contribution in [1.82, 2.24) is 5.32 Å². The van der Waals surface area contributed by atoms with Gasteiger partial charge in [-0.25, -0.2) is 4.79 Å². The van der Waals surface area contributed by atoms with Gasteiger partial charge in [0.15, 0.2) is 17.5 Å². The fraction of sp³-hybridized carbons (Fsp3) is 0.263. The van der Waals surface area contributed by atoms with Crippen molar-refractivity contribution in [3.05, 3.63) is 58.7 Å². The topological polar surface area (TPSA) is 84.9 Å². The molecule has 0 heterocycles. The number of hydrogen-bond donors (Lipinski definition) is 2. The van der Waals surface area contributed by atoms with Gasteiger partial charge in [0.25, 0.3) is 5.91 Å². The first-order valence-corrected chi connectivity index (χ1v) is 7.70. The number of carbonyl (C=O) groups is 2. The number of carbonyl (C=O) groups excluding carboxylic acids is 1. The summed E-state index contributed by atoms with van der Waals surface area (Å²) in [5.41, 5.74) is 2.82. The molecule has 0 fully saturated rings. The monoisotopic (exact) mass is 343 g/mol. The maximum absolute atomic E-state index is 12.5. The smallest absolute Gasteiger partial charge is 0.330 e. The molecule has 2 aromatic carbocycles. The van der Waals surface area contributed by atoms with Crippen LogP contribution in [0.2, 0.25) is 0 Å². The number of ether oxygens (including phenoxy) is 2. The minimum Gasteiger partial charge on any atom is -0.493 e. The molecular weight excluding hydrogens is 322 g/mol. The van der Waals surface area contributed by atoms with Crippen LogP contribution >= 0.6 is 0 Å². The number of aliphatic carboxylic acids is 1. The molecule has 1 amide bonds. The lowest BCUT2D eigenvalue weighted by Gasteiger charge is -2.17. The van der Waals surface area contributed by atoms with Gasteiger partial charge in [0.1, 0.15) is 0 Å². The second kappa shape index (κ2) is 7.70. The molecule has 6 heteroatoms. The van der Waals surface area contributed by atoms with Crippen LogP contribution in [0.3, 0.4) is 0 Å². The van der Waals surface area contributed by atoms with Crippen LogP contribution < -0.4 is 14.8 Å². The van der Waals surface area contributed by atoms with Crippen molar-refractivity contribution in [1.29, 1.82) is 0 Å². The lowest BCUT2D eigenvalue weighted by molar-refractivity contribution is -0.139. The summed E-state index contributed by atoms with van der Waals surface area (Å²) in [5, 5.41) is 12.1. The van der Waals surface area contributed by atoms with E-state index in [9.17, 15) is 14.7 Å².